The van der Waals surface area contributed by atoms with Gasteiger partial charge in [-0.2, -0.15) is 0 Å². The molecule has 1 fully saturated rings. The minimum absolute atomic E-state index is 0.0139. The van der Waals surface area contributed by atoms with Crippen molar-refractivity contribution >= 4 is 17.3 Å². The fraction of sp³-hybridized carbons (Fsp3) is 0.562. The van der Waals surface area contributed by atoms with Crippen LogP contribution in [0.3, 0.4) is 0 Å². The lowest BCUT2D eigenvalue weighted by Gasteiger charge is -2.14. The Hall–Kier alpha value is -1.55. The molecule has 0 radical (unpaired) electrons. The van der Waals surface area contributed by atoms with Crippen molar-refractivity contribution in [1.29, 1.82) is 0 Å². The zero-order valence-corrected chi connectivity index (χ0v) is 12.5. The van der Waals surface area contributed by atoms with Crippen LogP contribution in [0.25, 0.3) is 0 Å². The van der Waals surface area contributed by atoms with Gasteiger partial charge < -0.3 is 15.4 Å². The summed E-state index contributed by atoms with van der Waals surface area (Å²) in [6.45, 7) is 6.69. The van der Waals surface area contributed by atoms with Crippen molar-refractivity contribution < 1.29 is 9.53 Å². The van der Waals surface area contributed by atoms with Crippen LogP contribution in [0.15, 0.2) is 24.3 Å². The summed E-state index contributed by atoms with van der Waals surface area (Å²) in [5.41, 5.74) is 1.84. The van der Waals surface area contributed by atoms with E-state index in [1.165, 1.54) is 0 Å². The Bertz CT molecular complexity index is 460. The van der Waals surface area contributed by atoms with Crippen molar-refractivity contribution in [2.24, 2.45) is 5.92 Å². The Morgan fingerprint density at radius 2 is 2.10 bits per heavy atom. The van der Waals surface area contributed by atoms with E-state index >= 15 is 0 Å². The van der Waals surface area contributed by atoms with E-state index in [4.69, 9.17) is 4.74 Å². The standard InChI is InChI=1S/C16H24N2O2/c1-11(2)16(19)18-14-6-4-5-13(9-14)17-10-15-8-7-12(3)20-15/h4-6,9,11-12,15,17H,7-8,10H2,1-3H3,(H,18,19). The molecule has 2 atom stereocenters. The molecule has 0 bridgehead atoms. The molecule has 1 amide bonds. The van der Waals surface area contributed by atoms with Gasteiger partial charge in [0.1, 0.15) is 0 Å². The molecular formula is C16H24N2O2. The van der Waals surface area contributed by atoms with Crippen LogP contribution in [0.1, 0.15) is 33.6 Å². The van der Waals surface area contributed by atoms with Gasteiger partial charge in [0, 0.05) is 23.8 Å². The van der Waals surface area contributed by atoms with E-state index < -0.39 is 0 Å². The average molecular weight is 276 g/mol. The van der Waals surface area contributed by atoms with E-state index in [0.717, 1.165) is 30.8 Å². The van der Waals surface area contributed by atoms with E-state index in [-0.39, 0.29) is 11.8 Å². The van der Waals surface area contributed by atoms with Gasteiger partial charge in [-0.25, -0.2) is 0 Å². The predicted octanol–water partition coefficient (Wildman–Crippen LogP) is 3.26. The van der Waals surface area contributed by atoms with Gasteiger partial charge in [-0.3, -0.25) is 4.79 Å². The summed E-state index contributed by atoms with van der Waals surface area (Å²) in [6, 6.07) is 7.80. The normalized spacial score (nSPS) is 22.0. The second kappa shape index (κ2) is 6.75. The minimum Gasteiger partial charge on any atom is -0.382 e. The number of ether oxygens (including phenoxy) is 1. The molecule has 0 saturated carbocycles. The van der Waals surface area contributed by atoms with Crippen molar-refractivity contribution in [2.45, 2.75) is 45.8 Å². The highest BCUT2D eigenvalue weighted by molar-refractivity contribution is 5.92. The van der Waals surface area contributed by atoms with Crippen molar-refractivity contribution in [2.75, 3.05) is 17.2 Å². The molecule has 2 rings (SSSR count). The number of anilines is 2. The molecule has 0 aromatic heterocycles. The molecule has 0 spiro atoms. The van der Waals surface area contributed by atoms with Gasteiger partial charge in [-0.05, 0) is 38.0 Å². The molecule has 1 heterocycles. The highest BCUT2D eigenvalue weighted by Gasteiger charge is 2.21. The Morgan fingerprint density at radius 3 is 2.75 bits per heavy atom. The van der Waals surface area contributed by atoms with E-state index in [1.807, 2.05) is 38.1 Å². The third-order valence-corrected chi connectivity index (χ3v) is 3.51. The van der Waals surface area contributed by atoms with Crippen LogP contribution in [0.4, 0.5) is 11.4 Å². The minimum atomic E-state index is -0.0139. The third-order valence-electron chi connectivity index (χ3n) is 3.51. The summed E-state index contributed by atoms with van der Waals surface area (Å²) < 4.78 is 5.78. The Balaban J connectivity index is 1.87. The molecule has 4 heteroatoms. The first-order chi connectivity index (χ1) is 9.54. The summed E-state index contributed by atoms with van der Waals surface area (Å²) in [5, 5.41) is 6.28. The summed E-state index contributed by atoms with van der Waals surface area (Å²) in [4.78, 5) is 11.7. The zero-order valence-electron chi connectivity index (χ0n) is 12.5. The molecule has 1 aliphatic heterocycles. The molecule has 2 unspecified atom stereocenters. The molecule has 1 aromatic rings. The maximum Gasteiger partial charge on any atom is 0.226 e. The fourth-order valence-corrected chi connectivity index (χ4v) is 2.26. The lowest BCUT2D eigenvalue weighted by Crippen LogP contribution is -2.20. The first kappa shape index (κ1) is 14.9. The van der Waals surface area contributed by atoms with Crippen LogP contribution < -0.4 is 10.6 Å². The second-order valence-corrected chi connectivity index (χ2v) is 5.75. The number of benzene rings is 1. The van der Waals surface area contributed by atoms with Crippen molar-refractivity contribution in [3.05, 3.63) is 24.3 Å². The highest BCUT2D eigenvalue weighted by Crippen LogP contribution is 2.21. The quantitative estimate of drug-likeness (QED) is 0.868. The summed E-state index contributed by atoms with van der Waals surface area (Å²) >= 11 is 0. The molecule has 4 nitrogen and oxygen atoms in total. The number of hydrogen-bond donors (Lipinski definition) is 2. The first-order valence-corrected chi connectivity index (χ1v) is 7.35. The molecule has 1 aromatic carbocycles. The maximum atomic E-state index is 11.7. The summed E-state index contributed by atoms with van der Waals surface area (Å²) in [7, 11) is 0. The maximum absolute atomic E-state index is 11.7. The van der Waals surface area contributed by atoms with Crippen molar-refractivity contribution in [1.82, 2.24) is 0 Å². The molecule has 1 aliphatic rings. The molecule has 20 heavy (non-hydrogen) atoms. The van der Waals surface area contributed by atoms with Gasteiger partial charge in [0.2, 0.25) is 5.91 Å². The predicted molar refractivity (Wildman–Crippen MR) is 82.0 cm³/mol. The Labute approximate surface area is 120 Å². The van der Waals surface area contributed by atoms with Crippen LogP contribution in [0.5, 0.6) is 0 Å². The van der Waals surface area contributed by atoms with Gasteiger partial charge in [-0.1, -0.05) is 19.9 Å². The Morgan fingerprint density at radius 1 is 1.35 bits per heavy atom. The number of hydrogen-bond acceptors (Lipinski definition) is 3. The number of carbonyl (C=O) groups excluding carboxylic acids is 1. The van der Waals surface area contributed by atoms with Gasteiger partial charge in [0.05, 0.1) is 12.2 Å². The monoisotopic (exact) mass is 276 g/mol. The molecule has 1 saturated heterocycles. The smallest absolute Gasteiger partial charge is 0.226 e. The SMILES string of the molecule is CC1CCC(CNc2cccc(NC(=O)C(C)C)c2)O1. The van der Waals surface area contributed by atoms with Gasteiger partial charge in [-0.15, -0.1) is 0 Å². The van der Waals surface area contributed by atoms with Gasteiger partial charge in [0.15, 0.2) is 0 Å². The van der Waals surface area contributed by atoms with Crippen LogP contribution in [-0.2, 0) is 9.53 Å². The number of rotatable bonds is 5. The molecule has 2 N–H and O–H groups in total. The van der Waals surface area contributed by atoms with Crippen LogP contribution in [-0.4, -0.2) is 24.7 Å². The van der Waals surface area contributed by atoms with Crippen LogP contribution >= 0.6 is 0 Å². The lowest BCUT2D eigenvalue weighted by molar-refractivity contribution is -0.118. The van der Waals surface area contributed by atoms with Crippen LogP contribution in [0.2, 0.25) is 0 Å². The fourth-order valence-electron chi connectivity index (χ4n) is 2.26. The summed E-state index contributed by atoms with van der Waals surface area (Å²) in [6.07, 6.45) is 2.91. The largest absolute Gasteiger partial charge is 0.382 e. The highest BCUT2D eigenvalue weighted by atomic mass is 16.5. The van der Waals surface area contributed by atoms with Crippen molar-refractivity contribution in [3.8, 4) is 0 Å². The van der Waals surface area contributed by atoms with Crippen molar-refractivity contribution in [3.63, 3.8) is 0 Å². The summed E-state index contributed by atoms with van der Waals surface area (Å²) in [5.74, 6) is 0.0232. The average Bonchev–Trinajstić information content (AvgIpc) is 2.82. The number of carbonyl (C=O) groups is 1. The third kappa shape index (κ3) is 4.23. The van der Waals surface area contributed by atoms with E-state index in [9.17, 15) is 4.79 Å². The lowest BCUT2D eigenvalue weighted by atomic mass is 10.2. The molecular weight excluding hydrogens is 252 g/mol. The zero-order chi connectivity index (χ0) is 14.5. The van der Waals surface area contributed by atoms with Gasteiger partial charge >= 0.3 is 0 Å². The van der Waals surface area contributed by atoms with E-state index in [2.05, 4.69) is 17.6 Å². The number of nitrogens with one attached hydrogen (secondary N) is 2. The van der Waals surface area contributed by atoms with Crippen LogP contribution in [0, 0.1) is 5.92 Å². The molecule has 0 aliphatic carbocycles. The van der Waals surface area contributed by atoms with Gasteiger partial charge in [0.25, 0.3) is 0 Å². The Kier molecular flexibility index (Phi) is 5.01. The molecule has 110 valence electrons. The van der Waals surface area contributed by atoms with E-state index in [1.54, 1.807) is 0 Å². The second-order valence-electron chi connectivity index (χ2n) is 5.75. The topological polar surface area (TPSA) is 50.4 Å². The first-order valence-electron chi connectivity index (χ1n) is 7.35. The number of amides is 1. The van der Waals surface area contributed by atoms with E-state index in [0.29, 0.717) is 12.2 Å².